The maximum atomic E-state index is 11.2. The van der Waals surface area contributed by atoms with E-state index in [1.807, 2.05) is 0 Å². The number of hydrogen-bond acceptors (Lipinski definition) is 3. The first-order valence-electron chi connectivity index (χ1n) is 11.4. The summed E-state index contributed by atoms with van der Waals surface area (Å²) in [4.78, 5) is 0. The number of piperidine rings is 1. The number of aliphatic hydroxyl groups is 2. The maximum absolute atomic E-state index is 11.2. The maximum Gasteiger partial charge on any atom is 0.0757 e. The van der Waals surface area contributed by atoms with E-state index in [1.54, 1.807) is 5.57 Å². The number of rotatable bonds is 1. The molecular formula is C24H37NO2. The average molecular weight is 372 g/mol. The van der Waals surface area contributed by atoms with E-state index in [0.717, 1.165) is 32.2 Å². The van der Waals surface area contributed by atoms with Crippen LogP contribution in [0.1, 0.15) is 65.2 Å². The van der Waals surface area contributed by atoms with Crippen LogP contribution in [0.2, 0.25) is 0 Å². The van der Waals surface area contributed by atoms with Gasteiger partial charge in [-0.15, -0.1) is 0 Å². The molecule has 1 aliphatic heterocycles. The largest absolute Gasteiger partial charge is 0.393 e. The quantitative estimate of drug-likeness (QED) is 0.614. The van der Waals surface area contributed by atoms with Crippen LogP contribution >= 0.6 is 0 Å². The Morgan fingerprint density at radius 3 is 2.63 bits per heavy atom. The Morgan fingerprint density at radius 2 is 1.85 bits per heavy atom. The van der Waals surface area contributed by atoms with Gasteiger partial charge in [0.25, 0.3) is 0 Å². The lowest BCUT2D eigenvalue weighted by Crippen LogP contribution is -2.54. The van der Waals surface area contributed by atoms with Crippen LogP contribution in [0.25, 0.3) is 0 Å². The topological polar surface area (TPSA) is 52.5 Å². The van der Waals surface area contributed by atoms with Gasteiger partial charge in [-0.05, 0) is 92.4 Å². The molecule has 0 spiro atoms. The summed E-state index contributed by atoms with van der Waals surface area (Å²) in [5, 5.41) is 25.0. The highest BCUT2D eigenvalue weighted by molar-refractivity contribution is 5.33. The third kappa shape index (κ3) is 2.64. The lowest BCUT2D eigenvalue weighted by molar-refractivity contribution is -0.0792. The van der Waals surface area contributed by atoms with Crippen LogP contribution < -0.4 is 5.32 Å². The molecule has 150 valence electrons. The summed E-state index contributed by atoms with van der Waals surface area (Å²) in [5.41, 5.74) is 3.53. The van der Waals surface area contributed by atoms with Crippen molar-refractivity contribution in [1.82, 2.24) is 5.32 Å². The second-order valence-electron chi connectivity index (χ2n) is 10.7. The molecule has 0 aromatic heterocycles. The van der Waals surface area contributed by atoms with Crippen LogP contribution in [0.15, 0.2) is 23.3 Å². The fraction of sp³-hybridized carbons (Fsp3) is 0.833. The van der Waals surface area contributed by atoms with E-state index in [2.05, 4.69) is 31.3 Å². The molecule has 3 N–H and O–H groups in total. The number of aliphatic hydroxyl groups excluding tert-OH is 2. The normalized spacial score (nSPS) is 52.3. The Hall–Kier alpha value is -0.640. The predicted octanol–water partition coefficient (Wildman–Crippen LogP) is 3.82. The molecule has 2 saturated carbocycles. The summed E-state index contributed by atoms with van der Waals surface area (Å²) in [6.45, 7) is 7.26. The van der Waals surface area contributed by atoms with Gasteiger partial charge >= 0.3 is 0 Å². The molecule has 5 rings (SSSR count). The summed E-state index contributed by atoms with van der Waals surface area (Å²) in [5.74, 6) is 2.26. The first-order chi connectivity index (χ1) is 12.9. The Bertz CT molecular complexity index is 663. The highest BCUT2D eigenvalue weighted by Gasteiger charge is 2.59. The third-order valence-electron chi connectivity index (χ3n) is 9.48. The van der Waals surface area contributed by atoms with Gasteiger partial charge in [-0.1, -0.05) is 37.1 Å². The molecule has 5 aliphatic rings. The summed E-state index contributed by atoms with van der Waals surface area (Å²) in [7, 11) is 0. The van der Waals surface area contributed by atoms with Crippen LogP contribution in [0.5, 0.6) is 0 Å². The molecule has 2 unspecified atom stereocenters. The lowest BCUT2D eigenvalue weighted by atomic mass is 9.46. The van der Waals surface area contributed by atoms with Gasteiger partial charge in [-0.25, -0.2) is 0 Å². The van der Waals surface area contributed by atoms with Gasteiger partial charge in [-0.3, -0.25) is 0 Å². The lowest BCUT2D eigenvalue weighted by Gasteiger charge is -2.59. The summed E-state index contributed by atoms with van der Waals surface area (Å²) >= 11 is 0. The zero-order valence-electron chi connectivity index (χ0n) is 17.1. The van der Waals surface area contributed by atoms with Gasteiger partial charge in [0.1, 0.15) is 0 Å². The molecule has 1 heterocycles. The summed E-state index contributed by atoms with van der Waals surface area (Å²) in [6, 6.07) is 0. The van der Waals surface area contributed by atoms with Crippen molar-refractivity contribution in [2.75, 3.05) is 13.1 Å². The molecule has 3 heteroatoms. The van der Waals surface area contributed by atoms with E-state index < -0.39 is 0 Å². The Labute approximate surface area is 164 Å². The van der Waals surface area contributed by atoms with E-state index in [4.69, 9.17) is 0 Å². The minimum absolute atomic E-state index is 0.194. The van der Waals surface area contributed by atoms with Crippen molar-refractivity contribution in [2.45, 2.75) is 77.4 Å². The fourth-order valence-electron chi connectivity index (χ4n) is 7.99. The minimum atomic E-state index is -0.328. The molecule has 8 atom stereocenters. The van der Waals surface area contributed by atoms with Crippen LogP contribution in [0.3, 0.4) is 0 Å². The Morgan fingerprint density at radius 1 is 1.04 bits per heavy atom. The molecular weight excluding hydrogens is 334 g/mol. The first-order valence-corrected chi connectivity index (χ1v) is 11.4. The van der Waals surface area contributed by atoms with Gasteiger partial charge in [0, 0.05) is 6.54 Å². The van der Waals surface area contributed by atoms with Crippen LogP contribution in [0.4, 0.5) is 0 Å². The van der Waals surface area contributed by atoms with Crippen molar-refractivity contribution in [2.24, 2.45) is 34.5 Å². The number of nitrogens with one attached hydrogen (secondary N) is 1. The Balaban J connectivity index is 1.46. The smallest absolute Gasteiger partial charge is 0.0757 e. The molecule has 4 aliphatic carbocycles. The summed E-state index contributed by atoms with van der Waals surface area (Å²) in [6.07, 6.45) is 13.3. The highest BCUT2D eigenvalue weighted by Crippen LogP contribution is 2.65. The van der Waals surface area contributed by atoms with Gasteiger partial charge in [-0.2, -0.15) is 0 Å². The van der Waals surface area contributed by atoms with Crippen LogP contribution in [0, 0.1) is 34.5 Å². The van der Waals surface area contributed by atoms with Crippen molar-refractivity contribution in [1.29, 1.82) is 0 Å². The SMILES string of the molecule is C[C@]12CC[C@H](O)CC1=CC(O)[C@@H]1[C@@H]2CC[C@]2(C)C(C3CCCNC3)=CC[C@@H]12. The van der Waals surface area contributed by atoms with Gasteiger partial charge in [0.05, 0.1) is 12.2 Å². The predicted molar refractivity (Wildman–Crippen MR) is 108 cm³/mol. The van der Waals surface area contributed by atoms with Gasteiger partial charge in [0.15, 0.2) is 0 Å². The van der Waals surface area contributed by atoms with Gasteiger partial charge in [0.2, 0.25) is 0 Å². The second kappa shape index (κ2) is 6.43. The molecule has 0 amide bonds. The molecule has 0 radical (unpaired) electrons. The molecule has 0 aromatic rings. The van der Waals surface area contributed by atoms with Crippen molar-refractivity contribution in [3.8, 4) is 0 Å². The van der Waals surface area contributed by atoms with E-state index >= 15 is 0 Å². The molecule has 3 nitrogen and oxygen atoms in total. The zero-order chi connectivity index (χ0) is 18.8. The van der Waals surface area contributed by atoms with E-state index in [1.165, 1.54) is 37.8 Å². The molecule has 3 fully saturated rings. The third-order valence-corrected chi connectivity index (χ3v) is 9.48. The van der Waals surface area contributed by atoms with Crippen molar-refractivity contribution in [3.63, 3.8) is 0 Å². The molecule has 27 heavy (non-hydrogen) atoms. The van der Waals surface area contributed by atoms with E-state index in [9.17, 15) is 10.2 Å². The van der Waals surface area contributed by atoms with Gasteiger partial charge < -0.3 is 15.5 Å². The van der Waals surface area contributed by atoms with E-state index in [-0.39, 0.29) is 23.0 Å². The Kier molecular flexibility index (Phi) is 4.38. The average Bonchev–Trinajstić information content (AvgIpc) is 3.01. The van der Waals surface area contributed by atoms with Crippen molar-refractivity contribution >= 4 is 0 Å². The zero-order valence-corrected chi connectivity index (χ0v) is 17.1. The van der Waals surface area contributed by atoms with Crippen molar-refractivity contribution < 1.29 is 10.2 Å². The standard InChI is InChI=1S/C24H37NO2/c1-23-9-7-17(26)12-16(23)13-21(27)22-19-6-5-18(15-4-3-11-25-14-15)24(19,2)10-8-20(22)23/h5,13,15,17,19-22,25-27H,3-4,6-12,14H2,1-2H3/t15?,17-,19-,20-,21?,22-,23-,24+/m0/s1. The minimum Gasteiger partial charge on any atom is -0.393 e. The molecule has 1 saturated heterocycles. The van der Waals surface area contributed by atoms with E-state index in [0.29, 0.717) is 23.7 Å². The molecule has 0 aromatic carbocycles. The number of hydrogen-bond donors (Lipinski definition) is 3. The number of allylic oxidation sites excluding steroid dienone is 1. The summed E-state index contributed by atoms with van der Waals surface area (Å²) < 4.78 is 0. The first kappa shape index (κ1) is 18.4. The number of fused-ring (bicyclic) bond motifs is 5. The van der Waals surface area contributed by atoms with Crippen LogP contribution in [-0.4, -0.2) is 35.5 Å². The monoisotopic (exact) mass is 371 g/mol. The van der Waals surface area contributed by atoms with Crippen molar-refractivity contribution in [3.05, 3.63) is 23.3 Å². The molecule has 0 bridgehead atoms. The highest BCUT2D eigenvalue weighted by atomic mass is 16.3. The van der Waals surface area contributed by atoms with Crippen LogP contribution in [-0.2, 0) is 0 Å². The fourth-order valence-corrected chi connectivity index (χ4v) is 7.99. The second-order valence-corrected chi connectivity index (χ2v) is 10.7.